The van der Waals surface area contributed by atoms with E-state index in [1.165, 1.54) is 24.3 Å². The summed E-state index contributed by atoms with van der Waals surface area (Å²) in [5.74, 6) is -2.50. The Kier molecular flexibility index (Phi) is 7.71. The lowest BCUT2D eigenvalue weighted by molar-refractivity contribution is -0.128. The number of carbonyl (C=O) groups is 1. The van der Waals surface area contributed by atoms with Gasteiger partial charge in [0.15, 0.2) is 17.7 Å². The first-order valence-electron chi connectivity index (χ1n) is 8.82. The highest BCUT2D eigenvalue weighted by molar-refractivity contribution is 5.85. The van der Waals surface area contributed by atoms with Gasteiger partial charge in [0.25, 0.3) is 5.91 Å². The molecule has 1 aliphatic rings. The molecule has 1 fully saturated rings. The van der Waals surface area contributed by atoms with Crippen molar-refractivity contribution in [2.24, 2.45) is 0 Å². The van der Waals surface area contributed by atoms with Gasteiger partial charge < -0.3 is 15.4 Å². The zero-order valence-electron chi connectivity index (χ0n) is 15.3. The molecule has 1 saturated heterocycles. The van der Waals surface area contributed by atoms with Gasteiger partial charge in [0.05, 0.1) is 0 Å². The minimum atomic E-state index is -0.904. The quantitative estimate of drug-likeness (QED) is 0.786. The van der Waals surface area contributed by atoms with E-state index in [1.807, 2.05) is 0 Å². The summed E-state index contributed by atoms with van der Waals surface area (Å²) in [5.41, 5.74) is 0.638. The maximum atomic E-state index is 13.6. The van der Waals surface area contributed by atoms with Crippen molar-refractivity contribution in [2.75, 3.05) is 13.1 Å². The van der Waals surface area contributed by atoms with Gasteiger partial charge in [-0.3, -0.25) is 4.79 Å². The number of halogens is 4. The molecule has 4 nitrogen and oxygen atoms in total. The van der Waals surface area contributed by atoms with Gasteiger partial charge in [-0.15, -0.1) is 12.4 Å². The van der Waals surface area contributed by atoms with Gasteiger partial charge in [0.1, 0.15) is 11.6 Å². The van der Waals surface area contributed by atoms with Gasteiger partial charge in [-0.2, -0.15) is 0 Å². The molecule has 3 atom stereocenters. The Morgan fingerprint density at radius 2 is 1.96 bits per heavy atom. The smallest absolute Gasteiger partial charge is 0.261 e. The predicted molar refractivity (Wildman–Crippen MR) is 102 cm³/mol. The van der Waals surface area contributed by atoms with Crippen molar-refractivity contribution in [1.82, 2.24) is 10.6 Å². The molecule has 2 aromatic rings. The molecule has 0 bridgehead atoms. The maximum Gasteiger partial charge on any atom is 0.261 e. The first kappa shape index (κ1) is 22.0. The van der Waals surface area contributed by atoms with E-state index < -0.39 is 23.6 Å². The molecule has 1 amide bonds. The number of ether oxygens (including phenoxy) is 1. The fourth-order valence-electron chi connectivity index (χ4n) is 3.25. The van der Waals surface area contributed by atoms with Crippen LogP contribution in [0.4, 0.5) is 13.2 Å². The van der Waals surface area contributed by atoms with Crippen LogP contribution >= 0.6 is 12.4 Å². The first-order chi connectivity index (χ1) is 12.9. The summed E-state index contributed by atoms with van der Waals surface area (Å²) in [6, 6.07) is 9.08. The first-order valence-corrected chi connectivity index (χ1v) is 8.82. The predicted octanol–water partition coefficient (Wildman–Crippen LogP) is 3.55. The van der Waals surface area contributed by atoms with Crippen LogP contribution in [0, 0.1) is 17.5 Å². The Morgan fingerprint density at radius 1 is 1.18 bits per heavy atom. The molecule has 0 radical (unpaired) electrons. The van der Waals surface area contributed by atoms with E-state index in [4.69, 9.17) is 4.74 Å². The van der Waals surface area contributed by atoms with Crippen molar-refractivity contribution in [1.29, 1.82) is 0 Å². The van der Waals surface area contributed by atoms with Crippen LogP contribution < -0.4 is 15.4 Å². The number of amides is 1. The van der Waals surface area contributed by atoms with Crippen LogP contribution in [-0.4, -0.2) is 31.1 Å². The third kappa shape index (κ3) is 5.39. The number of hydrogen-bond donors (Lipinski definition) is 2. The van der Waals surface area contributed by atoms with Crippen molar-refractivity contribution >= 4 is 18.3 Å². The van der Waals surface area contributed by atoms with Crippen LogP contribution in [0.5, 0.6) is 5.75 Å². The summed E-state index contributed by atoms with van der Waals surface area (Å²) in [7, 11) is 0. The summed E-state index contributed by atoms with van der Waals surface area (Å²) >= 11 is 0. The molecule has 28 heavy (non-hydrogen) atoms. The van der Waals surface area contributed by atoms with Crippen LogP contribution in [0.25, 0.3) is 0 Å². The van der Waals surface area contributed by atoms with Crippen molar-refractivity contribution in [3.8, 4) is 5.75 Å². The fourth-order valence-corrected chi connectivity index (χ4v) is 3.25. The molecule has 0 spiro atoms. The minimum Gasteiger partial charge on any atom is -0.481 e. The van der Waals surface area contributed by atoms with Crippen LogP contribution in [-0.2, 0) is 4.79 Å². The lowest BCUT2D eigenvalue weighted by Crippen LogP contribution is -2.52. The van der Waals surface area contributed by atoms with Gasteiger partial charge in [0.2, 0.25) is 0 Å². The van der Waals surface area contributed by atoms with Crippen LogP contribution in [0.1, 0.15) is 24.8 Å². The van der Waals surface area contributed by atoms with Crippen molar-refractivity contribution < 1.29 is 22.7 Å². The summed E-state index contributed by atoms with van der Waals surface area (Å²) in [5, 5.41) is 6.09. The zero-order chi connectivity index (χ0) is 19.4. The van der Waals surface area contributed by atoms with Crippen LogP contribution in [0.3, 0.4) is 0 Å². The lowest BCUT2D eigenvalue weighted by atomic mass is 9.86. The molecule has 0 aromatic heterocycles. The Labute approximate surface area is 167 Å². The number of carbonyl (C=O) groups excluding carboxylic acids is 1. The Bertz CT molecular complexity index is 822. The summed E-state index contributed by atoms with van der Waals surface area (Å²) in [4.78, 5) is 12.5. The third-order valence-corrected chi connectivity index (χ3v) is 4.66. The minimum absolute atomic E-state index is 0. The summed E-state index contributed by atoms with van der Waals surface area (Å²) in [6.07, 6.45) is -0.158. The normalized spacial score (nSPS) is 20.0. The average Bonchev–Trinajstić information content (AvgIpc) is 2.64. The number of rotatable bonds is 5. The molecule has 2 N–H and O–H groups in total. The lowest BCUT2D eigenvalue weighted by Gasteiger charge is -2.34. The summed E-state index contributed by atoms with van der Waals surface area (Å²) < 4.78 is 45.5. The van der Waals surface area contributed by atoms with E-state index in [2.05, 4.69) is 10.6 Å². The van der Waals surface area contributed by atoms with Crippen molar-refractivity contribution in [2.45, 2.75) is 31.4 Å². The fraction of sp³-hybridized carbons (Fsp3) is 0.350. The molecule has 3 unspecified atom stereocenters. The van der Waals surface area contributed by atoms with Crippen molar-refractivity contribution in [3.05, 3.63) is 65.5 Å². The SMILES string of the molecule is CC(Oc1cccc(F)c1)C(=O)NC1CNCCC1c1ccc(F)c(F)c1.Cl. The third-order valence-electron chi connectivity index (χ3n) is 4.66. The number of benzene rings is 2. The van der Waals surface area contributed by atoms with E-state index in [9.17, 15) is 18.0 Å². The van der Waals surface area contributed by atoms with Crippen LogP contribution in [0.2, 0.25) is 0 Å². The molecule has 0 aliphatic carbocycles. The second-order valence-electron chi connectivity index (χ2n) is 6.61. The topological polar surface area (TPSA) is 50.4 Å². The Morgan fingerprint density at radius 3 is 2.68 bits per heavy atom. The van der Waals surface area contributed by atoms with Gasteiger partial charge in [-0.25, -0.2) is 13.2 Å². The largest absolute Gasteiger partial charge is 0.481 e. The molecule has 152 valence electrons. The molecular formula is C20H22ClF3N2O2. The molecule has 1 aliphatic heterocycles. The number of piperidine rings is 1. The molecular weight excluding hydrogens is 393 g/mol. The van der Waals surface area contributed by atoms with Gasteiger partial charge in [-0.1, -0.05) is 12.1 Å². The Hall–Kier alpha value is -2.25. The molecule has 0 saturated carbocycles. The zero-order valence-corrected chi connectivity index (χ0v) is 16.1. The highest BCUT2D eigenvalue weighted by atomic mass is 35.5. The van der Waals surface area contributed by atoms with Gasteiger partial charge in [-0.05, 0) is 49.7 Å². The van der Waals surface area contributed by atoms with Gasteiger partial charge >= 0.3 is 0 Å². The molecule has 2 aromatic carbocycles. The monoisotopic (exact) mass is 414 g/mol. The number of nitrogens with one attached hydrogen (secondary N) is 2. The van der Waals surface area contributed by atoms with E-state index in [0.29, 0.717) is 25.1 Å². The highest BCUT2D eigenvalue weighted by Gasteiger charge is 2.30. The second kappa shape index (κ2) is 9.80. The average molecular weight is 415 g/mol. The highest BCUT2D eigenvalue weighted by Crippen LogP contribution is 2.27. The van der Waals surface area contributed by atoms with Crippen molar-refractivity contribution in [3.63, 3.8) is 0 Å². The Balaban J connectivity index is 0.00000280. The van der Waals surface area contributed by atoms with Crippen LogP contribution in [0.15, 0.2) is 42.5 Å². The van der Waals surface area contributed by atoms with E-state index in [1.54, 1.807) is 19.1 Å². The molecule has 1 heterocycles. The van der Waals surface area contributed by atoms with E-state index in [0.717, 1.165) is 6.07 Å². The summed E-state index contributed by atoms with van der Waals surface area (Å²) in [6.45, 7) is 2.79. The standard InChI is InChI=1S/C20H21F3N2O2.ClH/c1-12(27-15-4-2-3-14(21)10-15)20(26)25-19-11-24-8-7-16(19)13-5-6-17(22)18(23)9-13;/h2-6,9-10,12,16,19,24H,7-8,11H2,1H3,(H,25,26);1H. The molecule has 3 rings (SSSR count). The number of hydrogen-bond acceptors (Lipinski definition) is 3. The van der Waals surface area contributed by atoms with E-state index >= 15 is 0 Å². The molecule has 8 heteroatoms. The van der Waals surface area contributed by atoms with Gasteiger partial charge in [0, 0.05) is 24.6 Å². The second-order valence-corrected chi connectivity index (χ2v) is 6.61. The maximum absolute atomic E-state index is 13.6. The van der Waals surface area contributed by atoms with E-state index in [-0.39, 0.29) is 36.0 Å².